The van der Waals surface area contributed by atoms with Gasteiger partial charge in [-0.2, -0.15) is 0 Å². The van der Waals surface area contributed by atoms with E-state index >= 15 is 0 Å². The minimum atomic E-state index is 0.259. The highest BCUT2D eigenvalue weighted by Crippen LogP contribution is 2.32. The topological polar surface area (TPSA) is 99.8 Å². The monoisotopic (exact) mass is 972 g/mol. The van der Waals surface area contributed by atoms with Gasteiger partial charge < -0.3 is 4.98 Å². The lowest BCUT2D eigenvalue weighted by Crippen LogP contribution is -2.14. The Labute approximate surface area is 433 Å². The first-order chi connectivity index (χ1) is 35.6. The van der Waals surface area contributed by atoms with Crippen molar-refractivity contribution in [3.8, 4) is 0 Å². The summed E-state index contributed by atoms with van der Waals surface area (Å²) in [6.45, 7) is 18.4. The largest absolute Gasteiger partial charge is 0.355 e. The maximum Gasteiger partial charge on any atom is 0.108 e. The van der Waals surface area contributed by atoms with Crippen molar-refractivity contribution in [1.82, 2.24) is 14.1 Å². The molecule has 0 bridgehead atoms. The van der Waals surface area contributed by atoms with E-state index in [1.807, 2.05) is 27.7 Å². The molecule has 9 rings (SSSR count). The van der Waals surface area contributed by atoms with E-state index in [1.54, 1.807) is 0 Å². The summed E-state index contributed by atoms with van der Waals surface area (Å²) in [6, 6.07) is 58.2. The molecule has 73 heavy (non-hydrogen) atoms. The number of nitrogens with zero attached hydrogens (tertiary/aromatic N) is 8. The third kappa shape index (κ3) is 14.9. The number of H-pyrrole nitrogens is 1. The van der Waals surface area contributed by atoms with Crippen LogP contribution in [0.4, 0.5) is 0 Å². The quantitative estimate of drug-likeness (QED) is 0.0503. The van der Waals surface area contributed by atoms with Crippen LogP contribution in [0, 0.1) is 0 Å². The van der Waals surface area contributed by atoms with Crippen molar-refractivity contribution in [2.75, 3.05) is 13.1 Å². The molecule has 3 aromatic heterocycles. The van der Waals surface area contributed by atoms with Gasteiger partial charge in [-0.3, -0.25) is 19.1 Å². The SMILES string of the molecule is CC(C)N=C(CCCCCCCC(=NC(C)C)n1c2ccccc2c2ccccc21)n1c2ccccc2c2ccccc21.CC(C)N=C=NCCCCCN=C=NC(C)C.c1ccc2c(c1)[nH]c1ccccc12. The molecule has 378 valence electrons. The molecule has 0 radical (unpaired) electrons. The Balaban J connectivity index is 0.000000211. The molecule has 0 aliphatic rings. The molecular formula is C64H77N9. The Morgan fingerprint density at radius 1 is 0.370 bits per heavy atom. The average molecular weight is 972 g/mol. The minimum absolute atomic E-state index is 0.259. The fourth-order valence-corrected chi connectivity index (χ4v) is 9.33. The fraction of sp³-hybridized carbons (Fsp3) is 0.375. The van der Waals surface area contributed by atoms with E-state index in [-0.39, 0.29) is 24.2 Å². The van der Waals surface area contributed by atoms with Crippen LogP contribution in [-0.2, 0) is 0 Å². The number of hydrogen-bond donors (Lipinski definition) is 1. The molecule has 0 fully saturated rings. The predicted molar refractivity (Wildman–Crippen MR) is 317 cm³/mol. The summed E-state index contributed by atoms with van der Waals surface area (Å²) in [6.07, 6.45) is 11.2. The van der Waals surface area contributed by atoms with Gasteiger partial charge in [0.05, 0.1) is 46.2 Å². The number of fused-ring (bicyclic) bond motifs is 9. The second-order valence-corrected chi connectivity index (χ2v) is 20.0. The molecule has 6 aromatic carbocycles. The summed E-state index contributed by atoms with van der Waals surface area (Å²) in [5, 5.41) is 7.82. The zero-order valence-electron chi connectivity index (χ0n) is 44.7. The Kier molecular flexibility index (Phi) is 20.3. The molecule has 1 N–H and O–H groups in total. The van der Waals surface area contributed by atoms with Gasteiger partial charge in [0, 0.05) is 81.4 Å². The van der Waals surface area contributed by atoms with Gasteiger partial charge in [-0.05, 0) is 124 Å². The van der Waals surface area contributed by atoms with Gasteiger partial charge in [0.25, 0.3) is 0 Å². The molecular weight excluding hydrogens is 895 g/mol. The molecule has 0 aliphatic heterocycles. The summed E-state index contributed by atoms with van der Waals surface area (Å²) in [5.74, 6) is 2.37. The third-order valence-corrected chi connectivity index (χ3v) is 12.5. The number of benzene rings is 6. The van der Waals surface area contributed by atoms with Crippen LogP contribution in [0.1, 0.15) is 120 Å². The van der Waals surface area contributed by atoms with Crippen molar-refractivity contribution in [2.24, 2.45) is 30.0 Å². The lowest BCUT2D eigenvalue weighted by Gasteiger charge is -2.14. The number of rotatable bonds is 18. The van der Waals surface area contributed by atoms with Crippen molar-refractivity contribution >= 4 is 89.1 Å². The van der Waals surface area contributed by atoms with E-state index in [0.29, 0.717) is 0 Å². The molecule has 9 aromatic rings. The minimum Gasteiger partial charge on any atom is -0.355 e. The first-order valence-electron chi connectivity index (χ1n) is 26.9. The number of aromatic amines is 1. The molecule has 0 unspecified atom stereocenters. The highest BCUT2D eigenvalue weighted by atomic mass is 15.1. The van der Waals surface area contributed by atoms with Gasteiger partial charge in [0.15, 0.2) is 0 Å². The van der Waals surface area contributed by atoms with Crippen LogP contribution in [0.15, 0.2) is 176 Å². The van der Waals surface area contributed by atoms with Gasteiger partial charge >= 0.3 is 0 Å². The summed E-state index contributed by atoms with van der Waals surface area (Å²) in [7, 11) is 0. The Morgan fingerprint density at radius 3 is 1.01 bits per heavy atom. The van der Waals surface area contributed by atoms with Crippen LogP contribution in [0.5, 0.6) is 0 Å². The van der Waals surface area contributed by atoms with E-state index in [0.717, 1.165) is 58.0 Å². The number of nitrogens with one attached hydrogen (secondary N) is 1. The summed E-state index contributed by atoms with van der Waals surface area (Å²) in [4.78, 5) is 29.9. The molecule has 9 heteroatoms. The first kappa shape index (κ1) is 53.6. The number of unbranched alkanes of at least 4 members (excludes halogenated alkanes) is 6. The second-order valence-electron chi connectivity index (χ2n) is 20.0. The van der Waals surface area contributed by atoms with Gasteiger partial charge in [-0.15, -0.1) is 0 Å². The van der Waals surface area contributed by atoms with Crippen LogP contribution < -0.4 is 0 Å². The van der Waals surface area contributed by atoms with Gasteiger partial charge in [-0.1, -0.05) is 128 Å². The molecule has 0 atom stereocenters. The Hall–Kier alpha value is -7.18. The van der Waals surface area contributed by atoms with Crippen LogP contribution in [0.3, 0.4) is 0 Å². The Bertz CT molecular complexity index is 3030. The van der Waals surface area contributed by atoms with E-state index in [2.05, 4.69) is 219 Å². The van der Waals surface area contributed by atoms with Crippen LogP contribution in [-0.4, -0.2) is 75.1 Å². The molecule has 0 spiro atoms. The maximum absolute atomic E-state index is 5.14. The van der Waals surface area contributed by atoms with E-state index < -0.39 is 0 Å². The third-order valence-electron chi connectivity index (χ3n) is 12.5. The summed E-state index contributed by atoms with van der Waals surface area (Å²) < 4.78 is 4.82. The van der Waals surface area contributed by atoms with Crippen molar-refractivity contribution in [1.29, 1.82) is 0 Å². The van der Waals surface area contributed by atoms with Crippen LogP contribution in [0.2, 0.25) is 0 Å². The molecule has 0 saturated carbocycles. The first-order valence-corrected chi connectivity index (χ1v) is 26.9. The molecule has 0 aliphatic carbocycles. The van der Waals surface area contributed by atoms with Crippen molar-refractivity contribution in [3.05, 3.63) is 146 Å². The van der Waals surface area contributed by atoms with Crippen LogP contribution in [0.25, 0.3) is 65.4 Å². The smallest absolute Gasteiger partial charge is 0.108 e. The highest BCUT2D eigenvalue weighted by Gasteiger charge is 2.16. The van der Waals surface area contributed by atoms with Crippen molar-refractivity contribution in [2.45, 2.75) is 144 Å². The number of aromatic nitrogens is 3. The zero-order chi connectivity index (χ0) is 51.4. The van der Waals surface area contributed by atoms with Gasteiger partial charge in [0.1, 0.15) is 11.7 Å². The average Bonchev–Trinajstić information content (AvgIpc) is 4.05. The molecule has 0 saturated heterocycles. The van der Waals surface area contributed by atoms with Crippen molar-refractivity contribution in [3.63, 3.8) is 0 Å². The highest BCUT2D eigenvalue weighted by molar-refractivity contribution is 6.15. The predicted octanol–water partition coefficient (Wildman–Crippen LogP) is 17.3. The lowest BCUT2D eigenvalue weighted by atomic mass is 10.1. The van der Waals surface area contributed by atoms with Gasteiger partial charge in [-0.25, -0.2) is 20.0 Å². The Morgan fingerprint density at radius 2 is 0.671 bits per heavy atom. The second kappa shape index (κ2) is 27.6. The van der Waals surface area contributed by atoms with Crippen molar-refractivity contribution < 1.29 is 0 Å². The maximum atomic E-state index is 5.14. The van der Waals surface area contributed by atoms with E-state index in [4.69, 9.17) is 9.98 Å². The fourth-order valence-electron chi connectivity index (χ4n) is 9.33. The van der Waals surface area contributed by atoms with Crippen LogP contribution >= 0.6 is 0 Å². The van der Waals surface area contributed by atoms with Gasteiger partial charge in [0.2, 0.25) is 0 Å². The summed E-state index contributed by atoms with van der Waals surface area (Å²) in [5.41, 5.74) is 7.44. The molecule has 9 nitrogen and oxygen atoms in total. The standard InChI is InChI=1S/C39H44N4.C13H24N4.C12H9N/c1-28(2)40-38(42-34-22-14-10-18-30(34)31-19-11-15-23-35(31)42)26-8-6-5-7-9-27-39(41-29(3)4)43-36-24-16-12-20-32(36)33-21-13-17-25-37(33)43;1-12(2)16-10-14-8-6-5-7-9-15-11-17-13(3)4;1-3-7-11-9(5-1)10-6-2-4-8-12(10)13-11/h10-25,28-29H,5-9,26-27H2,1-4H3;12-13H,5-9H2,1-4H3;1-8,13H. The molecule has 0 amide bonds. The molecule has 3 heterocycles. The summed E-state index contributed by atoms with van der Waals surface area (Å²) >= 11 is 0. The number of para-hydroxylation sites is 6. The number of aliphatic imine (C=N–C) groups is 6. The lowest BCUT2D eigenvalue weighted by molar-refractivity contribution is 0.625. The number of hydrogen-bond acceptors (Lipinski definition) is 6. The normalized spacial score (nSPS) is 11.9. The van der Waals surface area contributed by atoms with E-state index in [9.17, 15) is 0 Å². The zero-order valence-corrected chi connectivity index (χ0v) is 44.7. The van der Waals surface area contributed by atoms with E-state index in [1.165, 1.54) is 96.4 Å².